The summed E-state index contributed by atoms with van der Waals surface area (Å²) in [5.74, 6) is -3.34. The van der Waals surface area contributed by atoms with Gasteiger partial charge in [-0.2, -0.15) is 9.97 Å². The van der Waals surface area contributed by atoms with E-state index in [2.05, 4.69) is 20.6 Å². The number of nitrogens with zero attached hydrogens (tertiary/aromatic N) is 3. The van der Waals surface area contributed by atoms with Crippen molar-refractivity contribution in [3.63, 3.8) is 0 Å². The van der Waals surface area contributed by atoms with Crippen LogP contribution in [0, 0.1) is 17.5 Å². The third kappa shape index (κ3) is 3.00. The van der Waals surface area contributed by atoms with Crippen LogP contribution in [0.1, 0.15) is 0 Å². The number of rotatable bonds is 4. The number of aromatic nitrogens is 2. The molecule has 0 bridgehead atoms. The predicted octanol–water partition coefficient (Wildman–Crippen LogP) is 1.63. The number of nitrogens with two attached hydrogens (primary N) is 1. The van der Waals surface area contributed by atoms with E-state index < -0.39 is 17.5 Å². The van der Waals surface area contributed by atoms with Gasteiger partial charge >= 0.3 is 0 Å². The third-order valence-corrected chi connectivity index (χ3v) is 3.64. The summed E-state index contributed by atoms with van der Waals surface area (Å²) in [6.45, 7) is 1.51. The summed E-state index contributed by atoms with van der Waals surface area (Å²) >= 11 is 0. The van der Waals surface area contributed by atoms with Crippen LogP contribution in [0.3, 0.4) is 0 Å². The van der Waals surface area contributed by atoms with Gasteiger partial charge in [-0.05, 0) is 19.2 Å². The van der Waals surface area contributed by atoms with Crippen molar-refractivity contribution in [3.05, 3.63) is 35.7 Å². The zero-order chi connectivity index (χ0) is 16.6. The molecule has 0 aliphatic carbocycles. The van der Waals surface area contributed by atoms with Gasteiger partial charge in [0.25, 0.3) is 0 Å². The molecule has 0 atom stereocenters. The Balaban J connectivity index is 1.84. The van der Waals surface area contributed by atoms with Crippen LogP contribution in [-0.2, 0) is 0 Å². The van der Waals surface area contributed by atoms with Gasteiger partial charge in [-0.15, -0.1) is 0 Å². The van der Waals surface area contributed by atoms with Crippen LogP contribution in [0.25, 0.3) is 0 Å². The highest BCUT2D eigenvalue weighted by atomic mass is 19.2. The van der Waals surface area contributed by atoms with Crippen molar-refractivity contribution < 1.29 is 13.2 Å². The van der Waals surface area contributed by atoms with Crippen LogP contribution in [0.2, 0.25) is 0 Å². The minimum atomic E-state index is -1.54. The van der Waals surface area contributed by atoms with Crippen LogP contribution in [0.15, 0.2) is 18.2 Å². The molecule has 1 aromatic heterocycles. The molecule has 6 nitrogen and oxygen atoms in total. The Kier molecular flexibility index (Phi) is 3.95. The smallest absolute Gasteiger partial charge is 0.223 e. The normalized spacial score (nSPS) is 14.7. The average Bonchev–Trinajstić information content (AvgIpc) is 2.46. The first-order valence-electron chi connectivity index (χ1n) is 6.95. The number of hydrogen-bond donors (Lipinski definition) is 3. The summed E-state index contributed by atoms with van der Waals surface area (Å²) < 4.78 is 39.9. The monoisotopic (exact) mass is 324 g/mol. The number of benzene rings is 1. The minimum Gasteiger partial charge on any atom is -0.368 e. The molecule has 2 heterocycles. The highest BCUT2D eigenvalue weighted by Gasteiger charge is 2.27. The standard InChI is InChI=1S/C14H15F3N6/c1-19-7-5-23(6-7)11-4-10(21-14(18)22-11)20-9-3-2-8(15)12(16)13(9)17/h2-4,7,19H,5-6H2,1H3,(H3,18,20,21,22). The van der Waals surface area contributed by atoms with Crippen LogP contribution >= 0.6 is 0 Å². The maximum atomic E-state index is 13.7. The summed E-state index contributed by atoms with van der Waals surface area (Å²) in [4.78, 5) is 10.0. The fraction of sp³-hybridized carbons (Fsp3) is 0.286. The average molecular weight is 324 g/mol. The molecule has 1 aromatic carbocycles. The summed E-state index contributed by atoms with van der Waals surface area (Å²) in [6.07, 6.45) is 0. The molecule has 0 spiro atoms. The molecule has 2 aromatic rings. The van der Waals surface area contributed by atoms with Crippen molar-refractivity contribution >= 4 is 23.3 Å². The second-order valence-corrected chi connectivity index (χ2v) is 5.21. The maximum Gasteiger partial charge on any atom is 0.223 e. The zero-order valence-corrected chi connectivity index (χ0v) is 12.3. The lowest BCUT2D eigenvalue weighted by Gasteiger charge is -2.40. The van der Waals surface area contributed by atoms with Gasteiger partial charge in [0.05, 0.1) is 5.69 Å². The SMILES string of the molecule is CNC1CN(c2cc(Nc3ccc(F)c(F)c3F)nc(N)n2)C1. The Morgan fingerprint density at radius 1 is 1.17 bits per heavy atom. The molecule has 23 heavy (non-hydrogen) atoms. The molecule has 4 N–H and O–H groups in total. The van der Waals surface area contributed by atoms with E-state index in [1.165, 1.54) is 0 Å². The lowest BCUT2D eigenvalue weighted by Crippen LogP contribution is -2.57. The van der Waals surface area contributed by atoms with E-state index in [9.17, 15) is 13.2 Å². The molecule has 0 unspecified atom stereocenters. The largest absolute Gasteiger partial charge is 0.368 e. The van der Waals surface area contributed by atoms with Crippen molar-refractivity contribution in [2.24, 2.45) is 0 Å². The van der Waals surface area contributed by atoms with Crippen molar-refractivity contribution in [1.29, 1.82) is 0 Å². The van der Waals surface area contributed by atoms with Gasteiger partial charge < -0.3 is 21.3 Å². The Morgan fingerprint density at radius 3 is 2.61 bits per heavy atom. The summed E-state index contributed by atoms with van der Waals surface area (Å²) in [5.41, 5.74) is 5.42. The second-order valence-electron chi connectivity index (χ2n) is 5.21. The van der Waals surface area contributed by atoms with Gasteiger partial charge in [-0.25, -0.2) is 13.2 Å². The molecule has 0 amide bonds. The van der Waals surface area contributed by atoms with E-state index >= 15 is 0 Å². The number of halogens is 3. The molecule has 1 aliphatic rings. The van der Waals surface area contributed by atoms with E-state index in [1.54, 1.807) is 6.07 Å². The third-order valence-electron chi connectivity index (χ3n) is 3.64. The summed E-state index contributed by atoms with van der Waals surface area (Å²) in [6, 6.07) is 3.86. The topological polar surface area (TPSA) is 79.1 Å². The van der Waals surface area contributed by atoms with Gasteiger partial charge in [0.2, 0.25) is 5.95 Å². The van der Waals surface area contributed by atoms with Crippen LogP contribution in [0.4, 0.5) is 36.4 Å². The van der Waals surface area contributed by atoms with E-state index in [1.807, 2.05) is 11.9 Å². The molecule has 0 radical (unpaired) electrons. The first-order valence-corrected chi connectivity index (χ1v) is 6.95. The molecular formula is C14H15F3N6. The molecule has 1 saturated heterocycles. The molecule has 9 heteroatoms. The number of hydrogen-bond acceptors (Lipinski definition) is 6. The molecule has 3 rings (SSSR count). The quantitative estimate of drug-likeness (QED) is 0.742. The summed E-state index contributed by atoms with van der Waals surface area (Å²) in [5, 5.41) is 5.73. The van der Waals surface area contributed by atoms with E-state index in [4.69, 9.17) is 5.73 Å². The molecular weight excluding hydrogens is 309 g/mol. The second kappa shape index (κ2) is 5.92. The van der Waals surface area contributed by atoms with E-state index in [0.717, 1.165) is 25.2 Å². The fourth-order valence-corrected chi connectivity index (χ4v) is 2.29. The lowest BCUT2D eigenvalue weighted by molar-refractivity contribution is 0.447. The number of nitrogens with one attached hydrogen (secondary N) is 2. The van der Waals surface area contributed by atoms with Gasteiger partial charge in [0.1, 0.15) is 11.6 Å². The highest BCUT2D eigenvalue weighted by molar-refractivity contribution is 5.62. The molecule has 122 valence electrons. The molecule has 1 aliphatic heterocycles. The van der Waals surface area contributed by atoms with Crippen molar-refractivity contribution in [2.45, 2.75) is 6.04 Å². The fourth-order valence-electron chi connectivity index (χ4n) is 2.29. The molecule has 1 fully saturated rings. The van der Waals surface area contributed by atoms with Crippen molar-refractivity contribution in [2.75, 3.05) is 36.1 Å². The Morgan fingerprint density at radius 2 is 1.91 bits per heavy atom. The Labute approximate surface area is 130 Å². The number of nitrogen functional groups attached to an aromatic ring is 1. The summed E-state index contributed by atoms with van der Waals surface area (Å²) in [7, 11) is 1.87. The van der Waals surface area contributed by atoms with Crippen LogP contribution in [0.5, 0.6) is 0 Å². The number of anilines is 4. The Bertz CT molecular complexity index is 733. The van der Waals surface area contributed by atoms with Crippen molar-refractivity contribution in [1.82, 2.24) is 15.3 Å². The van der Waals surface area contributed by atoms with Gasteiger partial charge in [0.15, 0.2) is 17.5 Å². The van der Waals surface area contributed by atoms with Gasteiger partial charge in [-0.1, -0.05) is 0 Å². The maximum absolute atomic E-state index is 13.7. The predicted molar refractivity (Wildman–Crippen MR) is 81.1 cm³/mol. The first kappa shape index (κ1) is 15.3. The van der Waals surface area contributed by atoms with Gasteiger partial charge in [-0.3, -0.25) is 0 Å². The van der Waals surface area contributed by atoms with Crippen LogP contribution in [-0.4, -0.2) is 36.1 Å². The molecule has 0 saturated carbocycles. The highest BCUT2D eigenvalue weighted by Crippen LogP contribution is 2.26. The van der Waals surface area contributed by atoms with Gasteiger partial charge in [0, 0.05) is 25.2 Å². The lowest BCUT2D eigenvalue weighted by atomic mass is 10.1. The van der Waals surface area contributed by atoms with E-state index in [0.29, 0.717) is 11.9 Å². The van der Waals surface area contributed by atoms with Crippen molar-refractivity contribution in [3.8, 4) is 0 Å². The minimum absolute atomic E-state index is 0.000833. The first-order chi connectivity index (χ1) is 11.0. The number of likely N-dealkylation sites (N-methyl/N-ethyl adjacent to an activating group) is 1. The Hall–Kier alpha value is -2.55. The van der Waals surface area contributed by atoms with Crippen LogP contribution < -0.4 is 21.3 Å². The van der Waals surface area contributed by atoms with E-state index in [-0.39, 0.29) is 17.5 Å². The zero-order valence-electron chi connectivity index (χ0n) is 12.3.